The Morgan fingerprint density at radius 2 is 1.87 bits per heavy atom. The van der Waals surface area contributed by atoms with Crippen molar-refractivity contribution in [1.82, 2.24) is 15.3 Å². The molecule has 0 saturated heterocycles. The van der Waals surface area contributed by atoms with E-state index in [2.05, 4.69) is 22.4 Å². The minimum atomic E-state index is -0.168. The average molecular weight is 448 g/mol. The number of benzene rings is 2. The quantitative estimate of drug-likeness (QED) is 0.343. The number of nitrogens with zero attached hydrogens (tertiary/aromatic N) is 2. The lowest BCUT2D eigenvalue weighted by atomic mass is 10.0. The Kier molecular flexibility index (Phi) is 6.75. The monoisotopic (exact) mass is 447 g/mol. The smallest absolute Gasteiger partial charge is 0.255 e. The number of hydrogen-bond donors (Lipinski definition) is 1. The number of amides is 1. The molecule has 4 nitrogen and oxygen atoms in total. The van der Waals surface area contributed by atoms with E-state index >= 15 is 0 Å². The summed E-state index contributed by atoms with van der Waals surface area (Å²) >= 11 is 7.79. The van der Waals surface area contributed by atoms with Crippen LogP contribution in [0.1, 0.15) is 28.0 Å². The van der Waals surface area contributed by atoms with Crippen LogP contribution in [0.25, 0.3) is 22.0 Å². The molecular weight excluding hydrogens is 426 g/mol. The molecule has 2 aromatic heterocycles. The number of thiophene rings is 1. The van der Waals surface area contributed by atoms with Crippen LogP contribution in [0, 0.1) is 6.92 Å². The van der Waals surface area contributed by atoms with Gasteiger partial charge in [0.05, 0.1) is 21.8 Å². The Morgan fingerprint density at radius 1 is 1.03 bits per heavy atom. The molecule has 6 heteroatoms. The standard InChI is InChI=1S/C25H22ClN3OS/c1-17-22(25(30)27-14-6-10-18-8-3-2-4-9-18)23(19-11-5-12-20(26)16-19)29-24(28-17)21-13-7-15-31-21/h2-5,7-9,11-13,15-16H,6,10,14H2,1H3,(H,27,30). The second kappa shape index (κ2) is 9.86. The number of rotatable bonds is 7. The second-order valence-corrected chi connectivity index (χ2v) is 8.57. The molecule has 1 N–H and O–H groups in total. The molecule has 4 rings (SSSR count). The van der Waals surface area contributed by atoms with Crippen molar-refractivity contribution in [2.75, 3.05) is 6.54 Å². The molecule has 2 aromatic carbocycles. The van der Waals surface area contributed by atoms with Gasteiger partial charge in [-0.15, -0.1) is 11.3 Å². The van der Waals surface area contributed by atoms with Crippen molar-refractivity contribution in [2.45, 2.75) is 19.8 Å². The lowest BCUT2D eigenvalue weighted by molar-refractivity contribution is 0.0952. The maximum Gasteiger partial charge on any atom is 0.255 e. The summed E-state index contributed by atoms with van der Waals surface area (Å²) in [6.07, 6.45) is 1.77. The van der Waals surface area contributed by atoms with E-state index in [9.17, 15) is 4.79 Å². The molecule has 4 aromatic rings. The highest BCUT2D eigenvalue weighted by atomic mass is 35.5. The predicted molar refractivity (Wildman–Crippen MR) is 128 cm³/mol. The van der Waals surface area contributed by atoms with Gasteiger partial charge in [0, 0.05) is 17.1 Å². The van der Waals surface area contributed by atoms with Crippen molar-refractivity contribution in [2.24, 2.45) is 0 Å². The summed E-state index contributed by atoms with van der Waals surface area (Å²) in [5, 5.41) is 5.62. The van der Waals surface area contributed by atoms with Gasteiger partial charge in [0.1, 0.15) is 0 Å². The molecule has 0 radical (unpaired) electrons. The van der Waals surface area contributed by atoms with Crippen LogP contribution in [0.3, 0.4) is 0 Å². The second-order valence-electron chi connectivity index (χ2n) is 7.19. The molecule has 0 aliphatic heterocycles. The predicted octanol–water partition coefficient (Wildman–Crippen LogP) is 6.20. The van der Waals surface area contributed by atoms with Gasteiger partial charge in [0.25, 0.3) is 5.91 Å². The Balaban J connectivity index is 1.60. The van der Waals surface area contributed by atoms with E-state index in [0.29, 0.717) is 34.3 Å². The van der Waals surface area contributed by atoms with Crippen molar-refractivity contribution in [1.29, 1.82) is 0 Å². The Hall–Kier alpha value is -3.02. The van der Waals surface area contributed by atoms with E-state index in [1.807, 2.05) is 66.9 Å². The van der Waals surface area contributed by atoms with Crippen molar-refractivity contribution in [3.05, 3.63) is 94.0 Å². The van der Waals surface area contributed by atoms with Gasteiger partial charge >= 0.3 is 0 Å². The molecule has 0 spiro atoms. The lowest BCUT2D eigenvalue weighted by Crippen LogP contribution is -2.27. The Bertz CT molecular complexity index is 1180. The normalized spacial score (nSPS) is 10.8. The third-order valence-electron chi connectivity index (χ3n) is 4.93. The SMILES string of the molecule is Cc1nc(-c2cccs2)nc(-c2cccc(Cl)c2)c1C(=O)NCCCc1ccccc1. The van der Waals surface area contributed by atoms with Gasteiger partial charge in [-0.3, -0.25) is 4.79 Å². The highest BCUT2D eigenvalue weighted by Gasteiger charge is 2.21. The van der Waals surface area contributed by atoms with Gasteiger partial charge in [0.2, 0.25) is 0 Å². The van der Waals surface area contributed by atoms with Crippen LogP contribution in [-0.4, -0.2) is 22.4 Å². The van der Waals surface area contributed by atoms with E-state index in [4.69, 9.17) is 16.6 Å². The Labute approximate surface area is 191 Å². The fourth-order valence-electron chi connectivity index (χ4n) is 3.43. The van der Waals surface area contributed by atoms with Crippen LogP contribution >= 0.6 is 22.9 Å². The lowest BCUT2D eigenvalue weighted by Gasteiger charge is -2.14. The van der Waals surface area contributed by atoms with E-state index in [0.717, 1.165) is 23.3 Å². The zero-order valence-corrected chi connectivity index (χ0v) is 18.7. The van der Waals surface area contributed by atoms with E-state index in [1.54, 1.807) is 11.3 Å². The molecule has 0 saturated carbocycles. The minimum Gasteiger partial charge on any atom is -0.352 e. The average Bonchev–Trinajstić information content (AvgIpc) is 3.32. The fraction of sp³-hybridized carbons (Fsp3) is 0.160. The van der Waals surface area contributed by atoms with E-state index in [-0.39, 0.29) is 5.91 Å². The van der Waals surface area contributed by atoms with E-state index < -0.39 is 0 Å². The molecule has 31 heavy (non-hydrogen) atoms. The molecule has 2 heterocycles. The van der Waals surface area contributed by atoms with Crippen LogP contribution in [-0.2, 0) is 6.42 Å². The number of halogens is 1. The van der Waals surface area contributed by atoms with Crippen LogP contribution < -0.4 is 5.32 Å². The first-order valence-corrected chi connectivity index (χ1v) is 11.4. The van der Waals surface area contributed by atoms with Crippen molar-refractivity contribution in [3.8, 4) is 22.0 Å². The van der Waals surface area contributed by atoms with Crippen molar-refractivity contribution in [3.63, 3.8) is 0 Å². The summed E-state index contributed by atoms with van der Waals surface area (Å²) in [7, 11) is 0. The number of aryl methyl sites for hydroxylation is 2. The van der Waals surface area contributed by atoms with Crippen LogP contribution in [0.4, 0.5) is 0 Å². The van der Waals surface area contributed by atoms with Gasteiger partial charge in [-0.05, 0) is 48.9 Å². The summed E-state index contributed by atoms with van der Waals surface area (Å²) in [6, 6.07) is 21.6. The molecule has 0 aliphatic carbocycles. The van der Waals surface area contributed by atoms with Crippen molar-refractivity contribution >= 4 is 28.8 Å². The first-order valence-electron chi connectivity index (χ1n) is 10.1. The highest BCUT2D eigenvalue weighted by Crippen LogP contribution is 2.30. The molecule has 156 valence electrons. The number of carbonyl (C=O) groups is 1. The minimum absolute atomic E-state index is 0.168. The summed E-state index contributed by atoms with van der Waals surface area (Å²) in [5.41, 5.74) is 3.79. The largest absolute Gasteiger partial charge is 0.352 e. The first kappa shape index (κ1) is 21.2. The molecular formula is C25H22ClN3OS. The van der Waals surface area contributed by atoms with Crippen LogP contribution in [0.2, 0.25) is 5.02 Å². The van der Waals surface area contributed by atoms with Crippen molar-refractivity contribution < 1.29 is 4.79 Å². The van der Waals surface area contributed by atoms with Crippen LogP contribution in [0.15, 0.2) is 72.1 Å². The molecule has 0 aliphatic rings. The van der Waals surface area contributed by atoms with Gasteiger partial charge in [0.15, 0.2) is 5.82 Å². The zero-order chi connectivity index (χ0) is 21.6. The number of aromatic nitrogens is 2. The summed E-state index contributed by atoms with van der Waals surface area (Å²) in [4.78, 5) is 23.5. The number of hydrogen-bond acceptors (Lipinski definition) is 4. The van der Waals surface area contributed by atoms with Crippen LogP contribution in [0.5, 0.6) is 0 Å². The molecule has 0 unspecified atom stereocenters. The zero-order valence-electron chi connectivity index (χ0n) is 17.1. The number of carbonyl (C=O) groups excluding carboxylic acids is 1. The molecule has 1 amide bonds. The van der Waals surface area contributed by atoms with Gasteiger partial charge in [-0.1, -0.05) is 60.1 Å². The first-order chi connectivity index (χ1) is 15.1. The third-order valence-corrected chi connectivity index (χ3v) is 6.03. The maximum absolute atomic E-state index is 13.1. The topological polar surface area (TPSA) is 54.9 Å². The van der Waals surface area contributed by atoms with E-state index in [1.165, 1.54) is 5.56 Å². The van der Waals surface area contributed by atoms with Gasteiger partial charge in [-0.25, -0.2) is 9.97 Å². The summed E-state index contributed by atoms with van der Waals surface area (Å²) < 4.78 is 0. The fourth-order valence-corrected chi connectivity index (χ4v) is 4.28. The highest BCUT2D eigenvalue weighted by molar-refractivity contribution is 7.13. The summed E-state index contributed by atoms with van der Waals surface area (Å²) in [5.74, 6) is 0.446. The van der Waals surface area contributed by atoms with Gasteiger partial charge in [-0.2, -0.15) is 0 Å². The summed E-state index contributed by atoms with van der Waals surface area (Å²) in [6.45, 7) is 2.43. The molecule has 0 fully saturated rings. The maximum atomic E-state index is 13.1. The third kappa shape index (κ3) is 5.19. The van der Waals surface area contributed by atoms with Gasteiger partial charge < -0.3 is 5.32 Å². The number of nitrogens with one attached hydrogen (secondary N) is 1. The Morgan fingerprint density at radius 3 is 2.61 bits per heavy atom. The molecule has 0 atom stereocenters. The molecule has 0 bridgehead atoms.